The minimum Gasteiger partial charge on any atom is -0.331 e. The van der Waals surface area contributed by atoms with Crippen LogP contribution in [0, 0.1) is 5.92 Å². The molecule has 0 aromatic heterocycles. The summed E-state index contributed by atoms with van der Waals surface area (Å²) >= 11 is 5.78. The van der Waals surface area contributed by atoms with Gasteiger partial charge in [-0.05, 0) is 54.4 Å². The van der Waals surface area contributed by atoms with Crippen molar-refractivity contribution < 1.29 is 8.78 Å². The molecule has 0 saturated heterocycles. The molecular formula is C19H21F2N3S2. The second kappa shape index (κ2) is 10.2. The molecule has 0 aliphatic carbocycles. The first kappa shape index (κ1) is 20.3. The van der Waals surface area contributed by atoms with Crippen LogP contribution in [0.1, 0.15) is 25.8 Å². The van der Waals surface area contributed by atoms with Crippen molar-refractivity contribution in [3.63, 3.8) is 0 Å². The van der Waals surface area contributed by atoms with Gasteiger partial charge in [-0.1, -0.05) is 55.9 Å². The number of anilines is 1. The van der Waals surface area contributed by atoms with Crippen LogP contribution in [0.2, 0.25) is 0 Å². The Morgan fingerprint density at radius 1 is 1.08 bits per heavy atom. The lowest BCUT2D eigenvalue weighted by atomic mass is 10.0. The lowest BCUT2D eigenvalue weighted by Gasteiger charge is -2.12. The van der Waals surface area contributed by atoms with E-state index >= 15 is 0 Å². The highest BCUT2D eigenvalue weighted by Gasteiger charge is 2.08. The molecule has 0 heterocycles. The number of nitrogens with one attached hydrogen (secondary N) is 2. The number of hydrogen-bond acceptors (Lipinski definition) is 3. The maximum absolute atomic E-state index is 12.3. The number of nitrogens with zero attached hydrogens (tertiary/aromatic N) is 1. The van der Waals surface area contributed by atoms with Crippen molar-refractivity contribution in [3.05, 3.63) is 60.2 Å². The molecule has 26 heavy (non-hydrogen) atoms. The lowest BCUT2D eigenvalue weighted by molar-refractivity contribution is 0.252. The molecule has 2 aromatic rings. The van der Waals surface area contributed by atoms with Crippen LogP contribution in [0.3, 0.4) is 0 Å². The summed E-state index contributed by atoms with van der Waals surface area (Å²) in [5.41, 5.74) is 5.55. The summed E-state index contributed by atoms with van der Waals surface area (Å²) in [6, 6.07) is 16.6. The Kier molecular flexibility index (Phi) is 8.00. The average molecular weight is 394 g/mol. The highest BCUT2D eigenvalue weighted by molar-refractivity contribution is 7.99. The largest absolute Gasteiger partial charge is 0.331 e. The van der Waals surface area contributed by atoms with Crippen molar-refractivity contribution in [1.82, 2.24) is 5.43 Å². The molecule has 2 rings (SSSR count). The van der Waals surface area contributed by atoms with Gasteiger partial charge in [-0.25, -0.2) is 0 Å². The third kappa shape index (κ3) is 7.09. The van der Waals surface area contributed by atoms with Gasteiger partial charge in [0.1, 0.15) is 0 Å². The number of hydrazone groups is 1. The predicted molar refractivity (Wildman–Crippen MR) is 110 cm³/mol. The topological polar surface area (TPSA) is 36.4 Å². The van der Waals surface area contributed by atoms with Crippen LogP contribution in [-0.4, -0.2) is 16.6 Å². The summed E-state index contributed by atoms with van der Waals surface area (Å²) in [6.45, 7) is 4.27. The van der Waals surface area contributed by atoms with Gasteiger partial charge in [0.25, 0.3) is 5.76 Å². The van der Waals surface area contributed by atoms with E-state index in [0.717, 1.165) is 17.7 Å². The number of halogens is 2. The average Bonchev–Trinajstić information content (AvgIpc) is 2.60. The zero-order valence-corrected chi connectivity index (χ0v) is 16.2. The SMILES string of the molecule is CC(C)C/C(=N/NC(=S)Nc1ccc(SC(F)F)cc1)c1ccccc1. The molecule has 3 nitrogen and oxygen atoms in total. The monoisotopic (exact) mass is 393 g/mol. The van der Waals surface area contributed by atoms with Gasteiger partial charge >= 0.3 is 0 Å². The first-order valence-electron chi connectivity index (χ1n) is 8.18. The lowest BCUT2D eigenvalue weighted by Crippen LogP contribution is -2.25. The molecule has 0 atom stereocenters. The van der Waals surface area contributed by atoms with Crippen LogP contribution >= 0.6 is 24.0 Å². The molecule has 138 valence electrons. The van der Waals surface area contributed by atoms with Gasteiger partial charge in [0.2, 0.25) is 0 Å². The quantitative estimate of drug-likeness (QED) is 0.272. The van der Waals surface area contributed by atoms with Gasteiger partial charge < -0.3 is 5.32 Å². The zero-order valence-electron chi connectivity index (χ0n) is 14.6. The molecule has 0 radical (unpaired) electrons. The van der Waals surface area contributed by atoms with Crippen molar-refractivity contribution in [2.45, 2.75) is 30.9 Å². The van der Waals surface area contributed by atoms with Gasteiger partial charge in [-0.15, -0.1) is 0 Å². The van der Waals surface area contributed by atoms with Crippen LogP contribution < -0.4 is 10.7 Å². The minimum absolute atomic E-state index is 0.344. The van der Waals surface area contributed by atoms with Crippen molar-refractivity contribution in [2.24, 2.45) is 11.0 Å². The van der Waals surface area contributed by atoms with E-state index in [9.17, 15) is 8.78 Å². The van der Waals surface area contributed by atoms with Gasteiger partial charge in [0, 0.05) is 10.6 Å². The van der Waals surface area contributed by atoms with Crippen LogP contribution in [0.15, 0.2) is 64.6 Å². The van der Waals surface area contributed by atoms with Crippen LogP contribution in [0.4, 0.5) is 14.5 Å². The molecule has 0 fully saturated rings. The molecule has 0 aliphatic rings. The Bertz CT molecular complexity index is 732. The highest BCUT2D eigenvalue weighted by Crippen LogP contribution is 2.26. The fourth-order valence-corrected chi connectivity index (χ4v) is 2.90. The standard InChI is InChI=1S/C19H21F2N3S2/c1-13(2)12-17(14-6-4-3-5-7-14)23-24-19(25)22-15-8-10-16(11-9-15)26-18(20)21/h3-11,13,18H,12H2,1-2H3,(H2,22,24,25)/b23-17-. The Labute approximate surface area is 162 Å². The fraction of sp³-hybridized carbons (Fsp3) is 0.263. The third-order valence-corrected chi connectivity index (χ3v) is 4.25. The van der Waals surface area contributed by atoms with Gasteiger partial charge in [0.05, 0.1) is 5.71 Å². The van der Waals surface area contributed by atoms with E-state index in [0.29, 0.717) is 33.4 Å². The maximum atomic E-state index is 12.3. The van der Waals surface area contributed by atoms with Crippen molar-refractivity contribution in [2.75, 3.05) is 5.32 Å². The number of thiocarbonyl (C=S) groups is 1. The number of thioether (sulfide) groups is 1. The summed E-state index contributed by atoms with van der Waals surface area (Å²) in [5, 5.41) is 7.79. The maximum Gasteiger partial charge on any atom is 0.288 e. The predicted octanol–water partition coefficient (Wildman–Crippen LogP) is 5.74. The Balaban J connectivity index is 1.99. The second-order valence-corrected chi connectivity index (χ2v) is 7.46. The van der Waals surface area contributed by atoms with Gasteiger partial charge in [-0.2, -0.15) is 13.9 Å². The fourth-order valence-electron chi connectivity index (χ4n) is 2.24. The molecule has 0 bridgehead atoms. The number of alkyl halides is 2. The van der Waals surface area contributed by atoms with E-state index in [-0.39, 0.29) is 0 Å². The second-order valence-electron chi connectivity index (χ2n) is 5.99. The van der Waals surface area contributed by atoms with E-state index < -0.39 is 5.76 Å². The summed E-state index contributed by atoms with van der Waals surface area (Å²) in [6.07, 6.45) is 0.819. The minimum atomic E-state index is -2.43. The van der Waals surface area contributed by atoms with E-state index in [1.807, 2.05) is 30.3 Å². The Morgan fingerprint density at radius 3 is 2.31 bits per heavy atom. The van der Waals surface area contributed by atoms with Gasteiger partial charge in [-0.3, -0.25) is 5.43 Å². The van der Waals surface area contributed by atoms with Crippen LogP contribution in [0.5, 0.6) is 0 Å². The molecule has 0 aliphatic heterocycles. The summed E-state index contributed by atoms with van der Waals surface area (Å²) in [7, 11) is 0. The molecular weight excluding hydrogens is 372 g/mol. The third-order valence-electron chi connectivity index (χ3n) is 3.34. The molecule has 2 N–H and O–H groups in total. The molecule has 0 unspecified atom stereocenters. The Morgan fingerprint density at radius 2 is 1.73 bits per heavy atom. The van der Waals surface area contributed by atoms with Crippen LogP contribution in [0.25, 0.3) is 0 Å². The molecule has 2 aromatic carbocycles. The first-order valence-corrected chi connectivity index (χ1v) is 9.46. The van der Waals surface area contributed by atoms with Crippen molar-refractivity contribution >= 4 is 40.5 Å². The van der Waals surface area contributed by atoms with Gasteiger partial charge in [0.15, 0.2) is 5.11 Å². The molecule has 0 spiro atoms. The molecule has 0 amide bonds. The Hall–Kier alpha value is -1.99. The zero-order chi connectivity index (χ0) is 18.9. The van der Waals surface area contributed by atoms with Crippen LogP contribution in [-0.2, 0) is 0 Å². The van der Waals surface area contributed by atoms with E-state index in [1.54, 1.807) is 24.3 Å². The van der Waals surface area contributed by atoms with E-state index in [4.69, 9.17) is 12.2 Å². The van der Waals surface area contributed by atoms with Crippen molar-refractivity contribution in [3.8, 4) is 0 Å². The number of benzene rings is 2. The normalized spacial score (nSPS) is 11.7. The highest BCUT2D eigenvalue weighted by atomic mass is 32.2. The smallest absolute Gasteiger partial charge is 0.288 e. The van der Waals surface area contributed by atoms with E-state index in [2.05, 4.69) is 29.7 Å². The molecule has 0 saturated carbocycles. The van der Waals surface area contributed by atoms with E-state index in [1.165, 1.54) is 0 Å². The molecule has 7 heteroatoms. The number of rotatable bonds is 7. The summed E-state index contributed by atoms with van der Waals surface area (Å²) < 4.78 is 24.7. The summed E-state index contributed by atoms with van der Waals surface area (Å²) in [4.78, 5) is 0.505. The first-order chi connectivity index (χ1) is 12.4. The van der Waals surface area contributed by atoms with Crippen molar-refractivity contribution in [1.29, 1.82) is 0 Å². The summed E-state index contributed by atoms with van der Waals surface area (Å²) in [5.74, 6) is -1.97. The number of hydrogen-bond donors (Lipinski definition) is 2.